The molecule has 0 bridgehead atoms. The Hall–Kier alpha value is -1.45. The van der Waals surface area contributed by atoms with E-state index in [1.807, 2.05) is 0 Å². The first-order chi connectivity index (χ1) is 13.1. The Morgan fingerprint density at radius 3 is 2.00 bits per heavy atom. The predicted octanol–water partition coefficient (Wildman–Crippen LogP) is 0.804. The van der Waals surface area contributed by atoms with Crippen LogP contribution in [0.1, 0.15) is 41.0 Å². The molecule has 0 spiro atoms. The van der Waals surface area contributed by atoms with Gasteiger partial charge in [0.1, 0.15) is 6.61 Å². The molecule has 0 aromatic carbocycles. The van der Waals surface area contributed by atoms with Crippen LogP contribution < -0.4 is 10.0 Å². The number of amides is 1. The molecule has 1 unspecified atom stereocenters. The zero-order chi connectivity index (χ0) is 24.2. The largest absolute Gasteiger partial charge is 0.511 e. The molecule has 0 radical (unpaired) electrons. The number of nitrogens with one attached hydrogen (secondary N) is 2. The molecule has 0 aliphatic carbocycles. The number of hydrogen-bond acceptors (Lipinski definition) is 7. The van der Waals surface area contributed by atoms with E-state index < -0.39 is 73.3 Å². The van der Waals surface area contributed by atoms with Gasteiger partial charge in [-0.3, -0.25) is 14.1 Å². The van der Waals surface area contributed by atoms with E-state index >= 15 is 0 Å². The zero-order valence-corrected chi connectivity index (χ0v) is 18.8. The molecule has 0 aromatic heterocycles. The van der Waals surface area contributed by atoms with Crippen LogP contribution in [0, 0.1) is 11.3 Å². The molecular formula is C15H27F3N2O8S2. The first-order valence-corrected chi connectivity index (χ1v) is 11.7. The minimum Gasteiger partial charge on any atom is -0.464 e. The molecule has 0 rings (SSSR count). The fourth-order valence-electron chi connectivity index (χ4n) is 2.49. The molecule has 15 heteroatoms. The van der Waals surface area contributed by atoms with Crippen LogP contribution in [-0.2, 0) is 34.5 Å². The zero-order valence-electron chi connectivity index (χ0n) is 17.2. The number of ether oxygens (including phenoxy) is 1. The molecule has 0 saturated heterocycles. The van der Waals surface area contributed by atoms with Gasteiger partial charge in [0.2, 0.25) is 5.91 Å². The Morgan fingerprint density at radius 2 is 1.57 bits per heavy atom. The lowest BCUT2D eigenvalue weighted by molar-refractivity contribution is -0.155. The lowest BCUT2D eigenvalue weighted by Gasteiger charge is -2.29. The van der Waals surface area contributed by atoms with Crippen LogP contribution in [-0.4, -0.2) is 63.2 Å². The molecule has 0 heterocycles. The fraction of sp³-hybridized carbons (Fsp3) is 0.867. The van der Waals surface area contributed by atoms with E-state index in [4.69, 9.17) is 9.29 Å². The van der Waals surface area contributed by atoms with Gasteiger partial charge >= 0.3 is 21.5 Å². The van der Waals surface area contributed by atoms with Crippen LogP contribution in [0.5, 0.6) is 0 Å². The Labute approximate surface area is 173 Å². The van der Waals surface area contributed by atoms with E-state index in [0.717, 1.165) is 0 Å². The van der Waals surface area contributed by atoms with Crippen molar-refractivity contribution >= 4 is 32.0 Å². The van der Waals surface area contributed by atoms with Crippen LogP contribution in [0.2, 0.25) is 0 Å². The van der Waals surface area contributed by atoms with E-state index in [1.54, 1.807) is 0 Å². The third-order valence-corrected chi connectivity index (χ3v) is 6.03. The van der Waals surface area contributed by atoms with E-state index in [1.165, 1.54) is 39.3 Å². The molecule has 1 atom stereocenters. The summed E-state index contributed by atoms with van der Waals surface area (Å²) < 4.78 is 95.2. The standard InChI is InChI=1S/C15H27F3N2O8S2/c1-10(11(21)20-14(4,5)9-29(23,24)25)8-13(2,3)12(22)28-7-6-19-30(26,27)15(16,17)18/h10,19H,6-9H2,1-5H3,(H,20,21)(H,23,24,25). The Morgan fingerprint density at radius 1 is 1.07 bits per heavy atom. The quantitative estimate of drug-likeness (QED) is 0.221. The van der Waals surface area contributed by atoms with Gasteiger partial charge in [0, 0.05) is 12.5 Å². The summed E-state index contributed by atoms with van der Waals surface area (Å²) in [6.45, 7) is 5.62. The van der Waals surface area contributed by atoms with Gasteiger partial charge in [0.25, 0.3) is 10.1 Å². The number of esters is 1. The number of sulfonamides is 1. The summed E-state index contributed by atoms with van der Waals surface area (Å²) in [6, 6.07) is 0. The highest BCUT2D eigenvalue weighted by atomic mass is 32.2. The fourth-order valence-corrected chi connectivity index (χ4v) is 3.99. The van der Waals surface area contributed by atoms with Crippen LogP contribution >= 0.6 is 0 Å². The molecule has 0 aliphatic rings. The van der Waals surface area contributed by atoms with Crippen LogP contribution in [0.3, 0.4) is 0 Å². The second-order valence-electron chi connectivity index (χ2n) is 8.07. The molecular weight excluding hydrogens is 457 g/mol. The first kappa shape index (κ1) is 28.5. The van der Waals surface area contributed by atoms with Crippen molar-refractivity contribution in [1.82, 2.24) is 10.0 Å². The first-order valence-electron chi connectivity index (χ1n) is 8.60. The molecule has 1 amide bonds. The maximum atomic E-state index is 12.3. The Balaban J connectivity index is 4.74. The number of carbonyl (C=O) groups excluding carboxylic acids is 2. The molecule has 3 N–H and O–H groups in total. The monoisotopic (exact) mass is 484 g/mol. The minimum absolute atomic E-state index is 0.0616. The van der Waals surface area contributed by atoms with Crippen molar-refractivity contribution in [1.29, 1.82) is 0 Å². The summed E-state index contributed by atoms with van der Waals surface area (Å²) in [7, 11) is -9.89. The molecule has 30 heavy (non-hydrogen) atoms. The van der Waals surface area contributed by atoms with Gasteiger partial charge in [-0.15, -0.1) is 0 Å². The van der Waals surface area contributed by atoms with Crippen molar-refractivity contribution in [2.45, 2.75) is 52.1 Å². The lowest BCUT2D eigenvalue weighted by Crippen LogP contribution is -2.50. The third-order valence-electron chi connectivity index (χ3n) is 3.75. The van der Waals surface area contributed by atoms with Crippen molar-refractivity contribution in [3.8, 4) is 0 Å². The van der Waals surface area contributed by atoms with Crippen molar-refractivity contribution in [3.05, 3.63) is 0 Å². The second kappa shape index (κ2) is 9.78. The number of carbonyl (C=O) groups is 2. The lowest BCUT2D eigenvalue weighted by atomic mass is 9.83. The number of alkyl halides is 3. The summed E-state index contributed by atoms with van der Waals surface area (Å²) in [5.74, 6) is -2.98. The topological polar surface area (TPSA) is 156 Å². The summed E-state index contributed by atoms with van der Waals surface area (Å²) in [4.78, 5) is 24.4. The summed E-state index contributed by atoms with van der Waals surface area (Å²) in [5, 5.41) is 2.44. The van der Waals surface area contributed by atoms with Crippen LogP contribution in [0.15, 0.2) is 0 Å². The second-order valence-corrected chi connectivity index (χ2v) is 11.3. The minimum atomic E-state index is -5.55. The van der Waals surface area contributed by atoms with Crippen molar-refractivity contribution in [3.63, 3.8) is 0 Å². The van der Waals surface area contributed by atoms with Crippen LogP contribution in [0.25, 0.3) is 0 Å². The average molecular weight is 485 g/mol. The average Bonchev–Trinajstić information content (AvgIpc) is 2.46. The summed E-state index contributed by atoms with van der Waals surface area (Å²) in [6.07, 6.45) is -0.0616. The number of rotatable bonds is 11. The van der Waals surface area contributed by atoms with Gasteiger partial charge in [-0.05, 0) is 34.1 Å². The normalized spacial score (nSPS) is 14.8. The molecule has 10 nitrogen and oxygen atoms in total. The van der Waals surface area contributed by atoms with E-state index in [2.05, 4.69) is 5.32 Å². The molecule has 0 fully saturated rings. The highest BCUT2D eigenvalue weighted by Crippen LogP contribution is 2.28. The van der Waals surface area contributed by atoms with Gasteiger partial charge < -0.3 is 10.1 Å². The SMILES string of the molecule is CC(CC(C)(C)C(=O)OCCNS(=O)(=O)C(F)(F)F)C(=O)NC(C)(C)CS(=O)(=O)O. The number of hydrogen-bond donors (Lipinski definition) is 3. The van der Waals surface area contributed by atoms with Crippen molar-refractivity contribution < 1.29 is 48.9 Å². The summed E-state index contributed by atoms with van der Waals surface area (Å²) >= 11 is 0. The van der Waals surface area contributed by atoms with Gasteiger partial charge in [0.05, 0.1) is 16.7 Å². The molecule has 0 aliphatic heterocycles. The van der Waals surface area contributed by atoms with Gasteiger partial charge in [0.15, 0.2) is 0 Å². The number of halogens is 3. The van der Waals surface area contributed by atoms with Gasteiger partial charge in [-0.2, -0.15) is 21.6 Å². The van der Waals surface area contributed by atoms with Gasteiger partial charge in [-0.25, -0.2) is 13.1 Å². The summed E-state index contributed by atoms with van der Waals surface area (Å²) in [5.41, 5.74) is -8.02. The predicted molar refractivity (Wildman–Crippen MR) is 100 cm³/mol. The maximum absolute atomic E-state index is 12.3. The van der Waals surface area contributed by atoms with E-state index in [9.17, 15) is 39.6 Å². The Bertz CT molecular complexity index is 836. The maximum Gasteiger partial charge on any atom is 0.511 e. The van der Waals surface area contributed by atoms with Crippen LogP contribution in [0.4, 0.5) is 13.2 Å². The highest BCUT2D eigenvalue weighted by Gasteiger charge is 2.45. The Kier molecular flexibility index (Phi) is 9.31. The smallest absolute Gasteiger partial charge is 0.464 e. The molecule has 178 valence electrons. The molecule has 0 aromatic rings. The highest BCUT2D eigenvalue weighted by molar-refractivity contribution is 7.90. The van der Waals surface area contributed by atoms with Crippen molar-refractivity contribution in [2.75, 3.05) is 18.9 Å². The van der Waals surface area contributed by atoms with Crippen molar-refractivity contribution in [2.24, 2.45) is 11.3 Å². The molecule has 0 saturated carbocycles. The van der Waals surface area contributed by atoms with E-state index in [0.29, 0.717) is 0 Å². The van der Waals surface area contributed by atoms with E-state index in [-0.39, 0.29) is 6.42 Å². The third kappa shape index (κ3) is 10.0. The van der Waals surface area contributed by atoms with Gasteiger partial charge in [-0.1, -0.05) is 6.92 Å².